The summed E-state index contributed by atoms with van der Waals surface area (Å²) in [6.45, 7) is 4.10. The summed E-state index contributed by atoms with van der Waals surface area (Å²) in [7, 11) is 0. The lowest BCUT2D eigenvalue weighted by molar-refractivity contribution is 0.0696. The molecule has 2 fully saturated rings. The highest BCUT2D eigenvalue weighted by Gasteiger charge is 2.36. The minimum absolute atomic E-state index is 0.360. The van der Waals surface area contributed by atoms with E-state index in [1.807, 2.05) is 6.92 Å². The van der Waals surface area contributed by atoms with Crippen molar-refractivity contribution in [1.29, 1.82) is 0 Å². The lowest BCUT2D eigenvalue weighted by Crippen LogP contribution is -2.22. The van der Waals surface area contributed by atoms with Gasteiger partial charge in [0, 0.05) is 18.8 Å². The van der Waals surface area contributed by atoms with Crippen molar-refractivity contribution in [2.24, 2.45) is 11.8 Å². The molecule has 0 aromatic carbocycles. The predicted octanol–water partition coefficient (Wildman–Crippen LogP) is 2.58. The van der Waals surface area contributed by atoms with E-state index in [4.69, 9.17) is 0 Å². The Kier molecular flexibility index (Phi) is 3.17. The number of fused-ring (bicyclic) bond motifs is 1. The summed E-state index contributed by atoms with van der Waals surface area (Å²) in [6, 6.07) is 3.41. The summed E-state index contributed by atoms with van der Waals surface area (Å²) in [4.78, 5) is 18.1. The predicted molar refractivity (Wildman–Crippen MR) is 73.6 cm³/mol. The van der Waals surface area contributed by atoms with Crippen molar-refractivity contribution < 1.29 is 9.90 Å². The Hall–Kier alpha value is -1.58. The second-order valence-corrected chi connectivity index (χ2v) is 5.72. The summed E-state index contributed by atoms with van der Waals surface area (Å²) in [5.74, 6) is 1.57. The number of carboxylic acid groups (broad SMARTS) is 1. The van der Waals surface area contributed by atoms with Crippen molar-refractivity contribution in [3.8, 4) is 0 Å². The van der Waals surface area contributed by atoms with Crippen molar-refractivity contribution in [2.45, 2.75) is 32.6 Å². The van der Waals surface area contributed by atoms with Crippen LogP contribution >= 0.6 is 0 Å². The van der Waals surface area contributed by atoms with Gasteiger partial charge in [0.15, 0.2) is 0 Å². The van der Waals surface area contributed by atoms with Crippen LogP contribution in [0.5, 0.6) is 0 Å². The minimum Gasteiger partial charge on any atom is -0.478 e. The second-order valence-electron chi connectivity index (χ2n) is 5.72. The van der Waals surface area contributed by atoms with Gasteiger partial charge >= 0.3 is 5.97 Å². The monoisotopic (exact) mass is 260 g/mol. The molecule has 1 aromatic heterocycles. The van der Waals surface area contributed by atoms with E-state index in [1.165, 1.54) is 19.3 Å². The van der Waals surface area contributed by atoms with Gasteiger partial charge in [0.05, 0.1) is 5.56 Å². The van der Waals surface area contributed by atoms with E-state index in [0.29, 0.717) is 5.56 Å². The van der Waals surface area contributed by atoms with Gasteiger partial charge in [-0.2, -0.15) is 0 Å². The Morgan fingerprint density at radius 1 is 1.37 bits per heavy atom. The molecule has 1 aliphatic heterocycles. The normalized spacial score (nSPS) is 25.6. The SMILES string of the molecule is CCc1cc(C(=O)O)cc(N2CC3CCCC3C2)n1. The standard InChI is InChI=1S/C15H20N2O2/c1-2-13-6-12(15(18)19)7-14(16-13)17-8-10-4-3-5-11(10)9-17/h6-7,10-11H,2-5,8-9H2,1H3,(H,18,19). The molecule has 2 aliphatic rings. The third kappa shape index (κ3) is 2.31. The number of hydrogen-bond donors (Lipinski definition) is 1. The average molecular weight is 260 g/mol. The zero-order chi connectivity index (χ0) is 13.4. The molecule has 1 aliphatic carbocycles. The first kappa shape index (κ1) is 12.5. The van der Waals surface area contributed by atoms with Crippen molar-refractivity contribution in [3.05, 3.63) is 23.4 Å². The van der Waals surface area contributed by atoms with Crippen LogP contribution in [0.15, 0.2) is 12.1 Å². The smallest absolute Gasteiger partial charge is 0.335 e. The lowest BCUT2D eigenvalue weighted by atomic mass is 10.0. The zero-order valence-corrected chi connectivity index (χ0v) is 11.3. The number of nitrogens with zero attached hydrogens (tertiary/aromatic N) is 2. The molecule has 2 heterocycles. The highest BCUT2D eigenvalue weighted by Crippen LogP contribution is 2.39. The first-order chi connectivity index (χ1) is 9.17. The molecule has 4 heteroatoms. The van der Waals surface area contributed by atoms with E-state index in [1.54, 1.807) is 12.1 Å². The number of aryl methyl sites for hydroxylation is 1. The second kappa shape index (κ2) is 4.83. The van der Waals surface area contributed by atoms with E-state index in [0.717, 1.165) is 42.9 Å². The third-order valence-corrected chi connectivity index (χ3v) is 4.52. The van der Waals surface area contributed by atoms with Crippen LogP contribution in [0.1, 0.15) is 42.2 Å². The number of carboxylic acids is 1. The molecule has 2 unspecified atom stereocenters. The number of carbonyl (C=O) groups is 1. The molecule has 1 aromatic rings. The maximum Gasteiger partial charge on any atom is 0.335 e. The lowest BCUT2D eigenvalue weighted by Gasteiger charge is -2.19. The molecule has 3 rings (SSSR count). The van der Waals surface area contributed by atoms with Crippen LogP contribution in [0.2, 0.25) is 0 Å². The number of rotatable bonds is 3. The summed E-state index contributed by atoms with van der Waals surface area (Å²) in [6.07, 6.45) is 4.77. The van der Waals surface area contributed by atoms with E-state index < -0.39 is 5.97 Å². The number of aromatic carboxylic acids is 1. The van der Waals surface area contributed by atoms with Gasteiger partial charge < -0.3 is 10.0 Å². The molecular weight excluding hydrogens is 240 g/mol. The van der Waals surface area contributed by atoms with Crippen LogP contribution in [0, 0.1) is 11.8 Å². The van der Waals surface area contributed by atoms with Crippen LogP contribution in [-0.4, -0.2) is 29.1 Å². The van der Waals surface area contributed by atoms with E-state index >= 15 is 0 Å². The van der Waals surface area contributed by atoms with Gasteiger partial charge in [0.25, 0.3) is 0 Å². The summed E-state index contributed by atoms with van der Waals surface area (Å²) in [5, 5.41) is 9.19. The summed E-state index contributed by atoms with van der Waals surface area (Å²) < 4.78 is 0. The number of pyridine rings is 1. The van der Waals surface area contributed by atoms with Crippen LogP contribution < -0.4 is 4.90 Å². The molecule has 1 saturated carbocycles. The van der Waals surface area contributed by atoms with Crippen molar-refractivity contribution in [3.63, 3.8) is 0 Å². The van der Waals surface area contributed by atoms with Gasteiger partial charge in [-0.05, 0) is 43.2 Å². The Morgan fingerprint density at radius 2 is 2.05 bits per heavy atom. The number of hydrogen-bond acceptors (Lipinski definition) is 3. The average Bonchev–Trinajstić information content (AvgIpc) is 2.98. The third-order valence-electron chi connectivity index (χ3n) is 4.52. The van der Waals surface area contributed by atoms with E-state index in [2.05, 4.69) is 9.88 Å². The topological polar surface area (TPSA) is 53.4 Å². The molecule has 4 nitrogen and oxygen atoms in total. The van der Waals surface area contributed by atoms with Crippen molar-refractivity contribution in [1.82, 2.24) is 4.98 Å². The molecule has 1 saturated heterocycles. The van der Waals surface area contributed by atoms with Crippen LogP contribution in [0.4, 0.5) is 5.82 Å². The number of aromatic nitrogens is 1. The van der Waals surface area contributed by atoms with Crippen molar-refractivity contribution in [2.75, 3.05) is 18.0 Å². The van der Waals surface area contributed by atoms with E-state index in [-0.39, 0.29) is 0 Å². The Morgan fingerprint density at radius 3 is 2.63 bits per heavy atom. The summed E-state index contributed by atoms with van der Waals surface area (Å²) >= 11 is 0. The van der Waals surface area contributed by atoms with Crippen LogP contribution in [-0.2, 0) is 6.42 Å². The molecule has 0 bridgehead atoms. The molecule has 0 radical (unpaired) electrons. The minimum atomic E-state index is -0.863. The molecular formula is C15H20N2O2. The Labute approximate surface area is 113 Å². The first-order valence-electron chi connectivity index (χ1n) is 7.16. The quantitative estimate of drug-likeness (QED) is 0.907. The van der Waals surface area contributed by atoms with Gasteiger partial charge in [-0.3, -0.25) is 0 Å². The highest BCUT2D eigenvalue weighted by molar-refractivity contribution is 5.88. The Balaban J connectivity index is 1.88. The fraction of sp³-hybridized carbons (Fsp3) is 0.600. The van der Waals surface area contributed by atoms with Gasteiger partial charge in [-0.1, -0.05) is 13.3 Å². The largest absolute Gasteiger partial charge is 0.478 e. The zero-order valence-electron chi connectivity index (χ0n) is 11.3. The summed E-state index contributed by atoms with van der Waals surface area (Å²) in [5.41, 5.74) is 1.23. The van der Waals surface area contributed by atoms with Gasteiger partial charge in [0.2, 0.25) is 0 Å². The molecule has 0 spiro atoms. The molecule has 2 atom stereocenters. The fourth-order valence-electron chi connectivity index (χ4n) is 3.46. The highest BCUT2D eigenvalue weighted by atomic mass is 16.4. The number of anilines is 1. The van der Waals surface area contributed by atoms with Gasteiger partial charge in [-0.15, -0.1) is 0 Å². The molecule has 1 N–H and O–H groups in total. The maximum atomic E-state index is 11.2. The van der Waals surface area contributed by atoms with Gasteiger partial charge in [-0.25, -0.2) is 9.78 Å². The van der Waals surface area contributed by atoms with Crippen LogP contribution in [0.3, 0.4) is 0 Å². The maximum absolute atomic E-state index is 11.2. The van der Waals surface area contributed by atoms with Crippen molar-refractivity contribution >= 4 is 11.8 Å². The molecule has 0 amide bonds. The molecule has 102 valence electrons. The fourth-order valence-corrected chi connectivity index (χ4v) is 3.46. The van der Waals surface area contributed by atoms with E-state index in [9.17, 15) is 9.90 Å². The van der Waals surface area contributed by atoms with Gasteiger partial charge in [0.1, 0.15) is 5.82 Å². The van der Waals surface area contributed by atoms with Crippen LogP contribution in [0.25, 0.3) is 0 Å². The Bertz CT molecular complexity index is 489. The molecule has 19 heavy (non-hydrogen) atoms. The first-order valence-corrected chi connectivity index (χ1v) is 7.16.